The first-order valence-electron chi connectivity index (χ1n) is 9.79. The van der Waals surface area contributed by atoms with Gasteiger partial charge in [0.15, 0.2) is 11.5 Å². The summed E-state index contributed by atoms with van der Waals surface area (Å²) in [5.41, 5.74) is 1.18. The highest BCUT2D eigenvalue weighted by Crippen LogP contribution is 2.31. The molecule has 28 heavy (non-hydrogen) atoms. The van der Waals surface area contributed by atoms with E-state index in [-0.39, 0.29) is 18.6 Å². The van der Waals surface area contributed by atoms with Crippen LogP contribution in [0.2, 0.25) is 0 Å². The minimum absolute atomic E-state index is 0.133. The van der Waals surface area contributed by atoms with Gasteiger partial charge in [-0.25, -0.2) is 0 Å². The zero-order chi connectivity index (χ0) is 19.3. The van der Waals surface area contributed by atoms with Gasteiger partial charge in [-0.1, -0.05) is 24.3 Å². The van der Waals surface area contributed by atoms with Crippen molar-refractivity contribution in [3.05, 3.63) is 54.1 Å². The highest BCUT2D eigenvalue weighted by atomic mass is 16.6. The number of benzene rings is 2. The number of fused-ring (bicyclic) bond motifs is 1. The second-order valence-electron chi connectivity index (χ2n) is 7.14. The Morgan fingerprint density at radius 3 is 2.57 bits per heavy atom. The number of carbonyl (C=O) groups excluding carboxylic acids is 1. The number of rotatable bonds is 6. The Morgan fingerprint density at radius 2 is 1.86 bits per heavy atom. The molecule has 0 radical (unpaired) electrons. The van der Waals surface area contributed by atoms with Gasteiger partial charge in [-0.3, -0.25) is 9.69 Å². The van der Waals surface area contributed by atoms with E-state index in [1.165, 1.54) is 18.4 Å². The molecule has 1 saturated heterocycles. The lowest BCUT2D eigenvalue weighted by molar-refractivity contribution is -0.130. The highest BCUT2D eigenvalue weighted by molar-refractivity contribution is 5.81. The van der Waals surface area contributed by atoms with Crippen molar-refractivity contribution in [2.75, 3.05) is 33.4 Å². The van der Waals surface area contributed by atoms with Gasteiger partial charge in [0, 0.05) is 6.54 Å². The maximum Gasteiger partial charge on any atom is 0.264 e. The quantitative estimate of drug-likeness (QED) is 0.833. The first kappa shape index (κ1) is 18.6. The first-order valence-corrected chi connectivity index (χ1v) is 9.79. The van der Waals surface area contributed by atoms with Crippen molar-refractivity contribution in [3.63, 3.8) is 0 Å². The van der Waals surface area contributed by atoms with E-state index in [0.29, 0.717) is 18.0 Å². The molecule has 2 aromatic carbocycles. The smallest absolute Gasteiger partial charge is 0.264 e. The molecule has 148 valence electrons. The summed E-state index contributed by atoms with van der Waals surface area (Å²) in [6, 6.07) is 15.6. The molecule has 2 atom stereocenters. The Hall–Kier alpha value is -2.73. The largest absolute Gasteiger partial charge is 0.497 e. The second kappa shape index (κ2) is 8.52. The van der Waals surface area contributed by atoms with Gasteiger partial charge in [0.05, 0.1) is 13.2 Å². The standard InChI is InChI=1S/C22H26N2O4/c1-26-17-10-8-16(9-11-17)18(24-12-4-5-13-24)14-23-22(25)21-15-27-19-6-2-3-7-20(19)28-21/h2-3,6-11,18,21H,4-5,12-15H2,1H3,(H,23,25)/t18-,21+/m1/s1. The van der Waals surface area contributed by atoms with Crippen molar-refractivity contribution >= 4 is 5.91 Å². The molecular weight excluding hydrogens is 356 g/mol. The van der Waals surface area contributed by atoms with Crippen LogP contribution in [-0.4, -0.2) is 50.3 Å². The van der Waals surface area contributed by atoms with Gasteiger partial charge in [-0.2, -0.15) is 0 Å². The van der Waals surface area contributed by atoms with Crippen LogP contribution in [0.25, 0.3) is 0 Å². The Bertz CT molecular complexity index is 802. The summed E-state index contributed by atoms with van der Waals surface area (Å²) in [6.07, 6.45) is 1.75. The third-order valence-electron chi connectivity index (χ3n) is 5.35. The minimum Gasteiger partial charge on any atom is -0.497 e. The molecule has 0 unspecified atom stereocenters. The maximum absolute atomic E-state index is 12.7. The molecule has 2 aromatic rings. The van der Waals surface area contributed by atoms with Crippen LogP contribution in [0.4, 0.5) is 0 Å². The number of hydrogen-bond donors (Lipinski definition) is 1. The van der Waals surface area contributed by atoms with Gasteiger partial charge in [0.2, 0.25) is 6.10 Å². The Balaban J connectivity index is 1.41. The summed E-state index contributed by atoms with van der Waals surface area (Å²) in [5.74, 6) is 1.98. The molecule has 2 heterocycles. The Labute approximate surface area is 165 Å². The predicted molar refractivity (Wildman–Crippen MR) is 106 cm³/mol. The van der Waals surface area contributed by atoms with Crippen molar-refractivity contribution in [1.82, 2.24) is 10.2 Å². The Morgan fingerprint density at radius 1 is 1.14 bits per heavy atom. The van der Waals surface area contributed by atoms with Crippen molar-refractivity contribution < 1.29 is 19.0 Å². The number of hydrogen-bond acceptors (Lipinski definition) is 5. The minimum atomic E-state index is -0.634. The van der Waals surface area contributed by atoms with Gasteiger partial charge >= 0.3 is 0 Å². The fourth-order valence-electron chi connectivity index (χ4n) is 3.80. The summed E-state index contributed by atoms with van der Waals surface area (Å²) in [5, 5.41) is 3.07. The molecule has 6 heteroatoms. The zero-order valence-corrected chi connectivity index (χ0v) is 16.1. The van der Waals surface area contributed by atoms with E-state index in [0.717, 1.165) is 18.8 Å². The average Bonchev–Trinajstić information content (AvgIpc) is 3.28. The topological polar surface area (TPSA) is 60.0 Å². The van der Waals surface area contributed by atoms with E-state index >= 15 is 0 Å². The summed E-state index contributed by atoms with van der Waals surface area (Å²) in [6.45, 7) is 2.85. The van der Waals surface area contributed by atoms with Gasteiger partial charge in [-0.05, 0) is 55.8 Å². The number of nitrogens with one attached hydrogen (secondary N) is 1. The van der Waals surface area contributed by atoms with Crippen LogP contribution in [-0.2, 0) is 4.79 Å². The zero-order valence-electron chi connectivity index (χ0n) is 16.1. The van der Waals surface area contributed by atoms with Crippen LogP contribution in [0.5, 0.6) is 17.2 Å². The normalized spacial score (nSPS) is 19.8. The molecule has 0 spiro atoms. The fourth-order valence-corrected chi connectivity index (χ4v) is 3.80. The molecule has 2 aliphatic heterocycles. The molecule has 0 bridgehead atoms. The van der Waals surface area contributed by atoms with Crippen LogP contribution >= 0.6 is 0 Å². The van der Waals surface area contributed by atoms with Crippen molar-refractivity contribution in [2.24, 2.45) is 0 Å². The lowest BCUT2D eigenvalue weighted by atomic mass is 10.0. The van der Waals surface area contributed by atoms with E-state index in [9.17, 15) is 4.79 Å². The number of likely N-dealkylation sites (tertiary alicyclic amines) is 1. The number of carbonyl (C=O) groups is 1. The number of methoxy groups -OCH3 is 1. The van der Waals surface area contributed by atoms with E-state index < -0.39 is 6.10 Å². The lowest BCUT2D eigenvalue weighted by Gasteiger charge is -2.30. The van der Waals surface area contributed by atoms with Crippen LogP contribution < -0.4 is 19.5 Å². The third-order valence-corrected chi connectivity index (χ3v) is 5.35. The lowest BCUT2D eigenvalue weighted by Crippen LogP contribution is -2.46. The molecular formula is C22H26N2O4. The van der Waals surface area contributed by atoms with Crippen molar-refractivity contribution in [1.29, 1.82) is 0 Å². The number of nitrogens with zero attached hydrogens (tertiary/aromatic N) is 1. The summed E-state index contributed by atoms with van der Waals surface area (Å²) in [4.78, 5) is 15.1. The molecule has 2 aliphatic rings. The van der Waals surface area contributed by atoms with Crippen molar-refractivity contribution in [3.8, 4) is 17.2 Å². The second-order valence-corrected chi connectivity index (χ2v) is 7.14. The molecule has 1 amide bonds. The molecule has 0 aromatic heterocycles. The fraction of sp³-hybridized carbons (Fsp3) is 0.409. The molecule has 1 fully saturated rings. The van der Waals surface area contributed by atoms with Crippen LogP contribution in [0.3, 0.4) is 0 Å². The van der Waals surface area contributed by atoms with Crippen LogP contribution in [0.15, 0.2) is 48.5 Å². The van der Waals surface area contributed by atoms with E-state index in [4.69, 9.17) is 14.2 Å². The summed E-state index contributed by atoms with van der Waals surface area (Å²) in [7, 11) is 1.66. The molecule has 0 aliphatic carbocycles. The molecule has 4 rings (SSSR count). The average molecular weight is 382 g/mol. The summed E-state index contributed by atoms with van der Waals surface area (Å²) >= 11 is 0. The monoisotopic (exact) mass is 382 g/mol. The summed E-state index contributed by atoms with van der Waals surface area (Å²) < 4.78 is 16.8. The van der Waals surface area contributed by atoms with E-state index in [1.807, 2.05) is 36.4 Å². The Kier molecular flexibility index (Phi) is 5.67. The van der Waals surface area contributed by atoms with Crippen LogP contribution in [0.1, 0.15) is 24.4 Å². The molecule has 1 N–H and O–H groups in total. The van der Waals surface area contributed by atoms with Gasteiger partial charge in [-0.15, -0.1) is 0 Å². The molecule has 0 saturated carbocycles. The van der Waals surface area contributed by atoms with E-state index in [1.54, 1.807) is 7.11 Å². The van der Waals surface area contributed by atoms with Crippen LogP contribution in [0, 0.1) is 0 Å². The predicted octanol–water partition coefficient (Wildman–Crippen LogP) is 2.79. The third kappa shape index (κ3) is 4.07. The number of ether oxygens (including phenoxy) is 3. The maximum atomic E-state index is 12.7. The van der Waals surface area contributed by atoms with Gasteiger partial charge < -0.3 is 19.5 Å². The van der Waals surface area contributed by atoms with E-state index in [2.05, 4.69) is 22.3 Å². The highest BCUT2D eigenvalue weighted by Gasteiger charge is 2.29. The molecule has 6 nitrogen and oxygen atoms in total. The SMILES string of the molecule is COc1ccc([C@@H](CNC(=O)[C@@H]2COc3ccccc3O2)N2CCCC2)cc1. The number of para-hydroxylation sites is 2. The van der Waals surface area contributed by atoms with Gasteiger partial charge in [0.25, 0.3) is 5.91 Å². The number of amides is 1. The van der Waals surface area contributed by atoms with Crippen molar-refractivity contribution in [2.45, 2.75) is 25.0 Å². The van der Waals surface area contributed by atoms with Gasteiger partial charge in [0.1, 0.15) is 12.4 Å². The first-order chi connectivity index (χ1) is 13.7.